The van der Waals surface area contributed by atoms with E-state index in [1.54, 1.807) is 36.7 Å². The van der Waals surface area contributed by atoms with Gasteiger partial charge in [0.2, 0.25) is 0 Å². The molecule has 3 rings (SSSR count). The van der Waals surface area contributed by atoms with E-state index in [1.165, 1.54) is 6.26 Å². The van der Waals surface area contributed by atoms with Gasteiger partial charge in [0, 0.05) is 24.2 Å². The normalized spacial score (nSPS) is 12.5. The van der Waals surface area contributed by atoms with Crippen molar-refractivity contribution in [1.82, 2.24) is 4.98 Å². The van der Waals surface area contributed by atoms with Crippen LogP contribution in [0, 0.1) is 0 Å². The maximum Gasteiger partial charge on any atom is 0.175 e. The van der Waals surface area contributed by atoms with E-state index in [2.05, 4.69) is 4.98 Å². The molecule has 1 aromatic heterocycles. The number of ether oxygens (including phenoxy) is 1. The van der Waals surface area contributed by atoms with Gasteiger partial charge in [0.05, 0.1) is 11.0 Å². The van der Waals surface area contributed by atoms with Crippen LogP contribution in [0.15, 0.2) is 71.9 Å². The number of pyridine rings is 1. The summed E-state index contributed by atoms with van der Waals surface area (Å²) in [4.78, 5) is 4.47. The van der Waals surface area contributed by atoms with Gasteiger partial charge in [0.1, 0.15) is 11.5 Å². The van der Waals surface area contributed by atoms with Crippen molar-refractivity contribution < 1.29 is 18.3 Å². The van der Waals surface area contributed by atoms with Gasteiger partial charge in [-0.05, 0) is 60.7 Å². The predicted octanol–water partition coefficient (Wildman–Crippen LogP) is 4.65. The minimum absolute atomic E-state index is 0.305. The number of nitrogens with zero attached hydrogens (tertiary/aromatic N) is 1. The highest BCUT2D eigenvalue weighted by Gasteiger charge is 2.09. The fraction of sp³-hybridized carbons (Fsp3) is 0.261. The lowest BCUT2D eigenvalue weighted by molar-refractivity contribution is 0.160. The van der Waals surface area contributed by atoms with Gasteiger partial charge in [-0.3, -0.25) is 4.98 Å². The Balaban J connectivity index is 1.73. The standard InChI is InChI=1S/C23H25NO4S/c1-3-20(25)9-4-19-16-24-15-14-23(19)28-21-10-5-17(6-11-21)18-7-12-22(13-8-18)29(2,26)27/h5-8,10-16,20,25H,3-4,9H2,1-2H3. The summed E-state index contributed by atoms with van der Waals surface area (Å²) >= 11 is 0. The van der Waals surface area contributed by atoms with Gasteiger partial charge in [-0.15, -0.1) is 0 Å². The average Bonchev–Trinajstić information content (AvgIpc) is 2.73. The van der Waals surface area contributed by atoms with E-state index in [9.17, 15) is 13.5 Å². The van der Waals surface area contributed by atoms with E-state index in [0.29, 0.717) is 23.5 Å². The van der Waals surface area contributed by atoms with Crippen LogP contribution >= 0.6 is 0 Å². The number of benzene rings is 2. The summed E-state index contributed by atoms with van der Waals surface area (Å²) in [7, 11) is -3.20. The monoisotopic (exact) mass is 411 g/mol. The zero-order chi connectivity index (χ0) is 20.9. The number of aromatic nitrogens is 1. The molecule has 0 aliphatic heterocycles. The lowest BCUT2D eigenvalue weighted by Crippen LogP contribution is -2.06. The number of rotatable bonds is 8. The van der Waals surface area contributed by atoms with E-state index >= 15 is 0 Å². The predicted molar refractivity (Wildman–Crippen MR) is 114 cm³/mol. The number of sulfone groups is 1. The molecule has 0 saturated heterocycles. The van der Waals surface area contributed by atoms with Gasteiger partial charge in [-0.2, -0.15) is 0 Å². The van der Waals surface area contributed by atoms with E-state index in [0.717, 1.165) is 28.9 Å². The van der Waals surface area contributed by atoms with Crippen LogP contribution in [-0.2, 0) is 16.3 Å². The van der Waals surface area contributed by atoms with Gasteiger partial charge in [0.25, 0.3) is 0 Å². The number of aryl methyl sites for hydroxylation is 1. The van der Waals surface area contributed by atoms with Gasteiger partial charge < -0.3 is 9.84 Å². The Morgan fingerprint density at radius 2 is 1.62 bits per heavy atom. The molecule has 0 saturated carbocycles. The number of aliphatic hydroxyl groups is 1. The Morgan fingerprint density at radius 1 is 1.00 bits per heavy atom. The fourth-order valence-corrected chi connectivity index (χ4v) is 3.60. The first-order valence-corrected chi connectivity index (χ1v) is 11.5. The second-order valence-electron chi connectivity index (χ2n) is 7.01. The Hall–Kier alpha value is -2.70. The maximum atomic E-state index is 11.6. The van der Waals surface area contributed by atoms with Crippen molar-refractivity contribution >= 4 is 9.84 Å². The molecule has 0 radical (unpaired) electrons. The Morgan fingerprint density at radius 3 is 2.21 bits per heavy atom. The van der Waals surface area contributed by atoms with Crippen molar-refractivity contribution in [3.63, 3.8) is 0 Å². The summed E-state index contributed by atoms with van der Waals surface area (Å²) in [5.74, 6) is 1.43. The molecule has 29 heavy (non-hydrogen) atoms. The van der Waals surface area contributed by atoms with Crippen molar-refractivity contribution in [3.8, 4) is 22.6 Å². The van der Waals surface area contributed by atoms with Gasteiger partial charge in [0.15, 0.2) is 9.84 Å². The summed E-state index contributed by atoms with van der Waals surface area (Å²) in [6.07, 6.45) is 6.43. The first-order chi connectivity index (χ1) is 13.9. The molecule has 0 aliphatic carbocycles. The zero-order valence-electron chi connectivity index (χ0n) is 16.6. The summed E-state index contributed by atoms with van der Waals surface area (Å²) in [5, 5.41) is 9.81. The van der Waals surface area contributed by atoms with Crippen LogP contribution < -0.4 is 4.74 Å². The minimum Gasteiger partial charge on any atom is -0.457 e. The van der Waals surface area contributed by atoms with Crippen molar-refractivity contribution in [1.29, 1.82) is 0 Å². The van der Waals surface area contributed by atoms with Crippen molar-refractivity contribution in [2.75, 3.05) is 6.26 Å². The van der Waals surface area contributed by atoms with Gasteiger partial charge >= 0.3 is 0 Å². The smallest absolute Gasteiger partial charge is 0.175 e. The summed E-state index contributed by atoms with van der Waals surface area (Å²) < 4.78 is 29.2. The molecule has 0 spiro atoms. The Bertz CT molecular complexity index is 1040. The molecule has 0 amide bonds. The molecule has 5 nitrogen and oxygen atoms in total. The van der Waals surface area contributed by atoms with Crippen LogP contribution in [0.1, 0.15) is 25.3 Å². The first-order valence-electron chi connectivity index (χ1n) is 9.56. The van der Waals surface area contributed by atoms with Crippen LogP contribution in [0.4, 0.5) is 0 Å². The third-order valence-corrected chi connectivity index (χ3v) is 5.90. The second-order valence-corrected chi connectivity index (χ2v) is 9.02. The average molecular weight is 412 g/mol. The molecule has 0 bridgehead atoms. The summed E-state index contributed by atoms with van der Waals surface area (Å²) in [6.45, 7) is 1.96. The molecule has 0 aliphatic rings. The van der Waals surface area contributed by atoms with Crippen molar-refractivity contribution in [2.45, 2.75) is 37.2 Å². The molecule has 1 N–H and O–H groups in total. The van der Waals surface area contributed by atoms with Crippen LogP contribution in [-0.4, -0.2) is 30.9 Å². The van der Waals surface area contributed by atoms with Crippen molar-refractivity contribution in [3.05, 3.63) is 72.6 Å². The van der Waals surface area contributed by atoms with Crippen LogP contribution in [0.5, 0.6) is 11.5 Å². The van der Waals surface area contributed by atoms with Crippen LogP contribution in [0.25, 0.3) is 11.1 Å². The third kappa shape index (κ3) is 5.65. The minimum atomic E-state index is -3.20. The molecule has 152 valence electrons. The quantitative estimate of drug-likeness (QED) is 0.584. The third-order valence-electron chi connectivity index (χ3n) is 4.77. The highest BCUT2D eigenvalue weighted by atomic mass is 32.2. The first kappa shape index (κ1) is 21.0. The molecular formula is C23H25NO4S. The Kier molecular flexibility index (Phi) is 6.67. The van der Waals surface area contributed by atoms with E-state index < -0.39 is 9.84 Å². The van der Waals surface area contributed by atoms with E-state index in [4.69, 9.17) is 4.74 Å². The SMILES string of the molecule is CCC(O)CCc1cnccc1Oc1ccc(-c2ccc(S(C)(=O)=O)cc2)cc1. The van der Waals surface area contributed by atoms with Gasteiger partial charge in [-0.25, -0.2) is 8.42 Å². The highest BCUT2D eigenvalue weighted by Crippen LogP contribution is 2.29. The van der Waals surface area contributed by atoms with E-state index in [-0.39, 0.29) is 6.10 Å². The van der Waals surface area contributed by atoms with Crippen LogP contribution in [0.3, 0.4) is 0 Å². The second kappa shape index (κ2) is 9.20. The molecule has 1 unspecified atom stereocenters. The van der Waals surface area contributed by atoms with Gasteiger partial charge in [-0.1, -0.05) is 31.2 Å². The maximum absolute atomic E-state index is 11.6. The lowest BCUT2D eigenvalue weighted by atomic mass is 10.1. The van der Waals surface area contributed by atoms with Crippen LogP contribution in [0.2, 0.25) is 0 Å². The zero-order valence-corrected chi connectivity index (χ0v) is 17.4. The molecule has 2 aromatic carbocycles. The molecule has 1 heterocycles. The number of hydrogen-bond acceptors (Lipinski definition) is 5. The molecule has 0 fully saturated rings. The molecule has 1 atom stereocenters. The summed E-state index contributed by atoms with van der Waals surface area (Å²) in [5.41, 5.74) is 2.86. The fourth-order valence-electron chi connectivity index (χ4n) is 2.96. The largest absolute Gasteiger partial charge is 0.457 e. The topological polar surface area (TPSA) is 76.5 Å². The molecular weight excluding hydrogens is 386 g/mol. The number of hydrogen-bond donors (Lipinski definition) is 1. The summed E-state index contributed by atoms with van der Waals surface area (Å²) in [6, 6.07) is 16.3. The Labute approximate surface area is 171 Å². The number of aliphatic hydroxyl groups excluding tert-OH is 1. The molecule has 3 aromatic rings. The van der Waals surface area contributed by atoms with Crippen molar-refractivity contribution in [2.24, 2.45) is 0 Å². The lowest BCUT2D eigenvalue weighted by Gasteiger charge is -2.13. The molecule has 6 heteroatoms. The van der Waals surface area contributed by atoms with E-state index in [1.807, 2.05) is 37.3 Å². The highest BCUT2D eigenvalue weighted by molar-refractivity contribution is 7.90.